The van der Waals surface area contributed by atoms with Gasteiger partial charge in [-0.15, -0.1) is 0 Å². The summed E-state index contributed by atoms with van der Waals surface area (Å²) >= 11 is 0. The van der Waals surface area contributed by atoms with E-state index in [2.05, 4.69) is 0 Å². The third kappa shape index (κ3) is 3.27. The van der Waals surface area contributed by atoms with Crippen molar-refractivity contribution in [3.05, 3.63) is 29.6 Å². The lowest BCUT2D eigenvalue weighted by Crippen LogP contribution is -2.31. The zero-order valence-electron chi connectivity index (χ0n) is 9.77. The van der Waals surface area contributed by atoms with Gasteiger partial charge in [-0.2, -0.15) is 0 Å². The number of aldehydes is 1. The van der Waals surface area contributed by atoms with Crippen LogP contribution >= 0.6 is 0 Å². The van der Waals surface area contributed by atoms with Gasteiger partial charge in [-0.3, -0.25) is 9.59 Å². The molecule has 0 radical (unpaired) electrons. The molecule has 1 aromatic carbocycles. The molecule has 0 bridgehead atoms. The van der Waals surface area contributed by atoms with Crippen LogP contribution in [-0.4, -0.2) is 37.3 Å². The van der Waals surface area contributed by atoms with Gasteiger partial charge in [0.25, 0.3) is 5.91 Å². The zero-order valence-corrected chi connectivity index (χ0v) is 9.77. The molecule has 0 spiro atoms. The number of ether oxygens (including phenoxy) is 1. The summed E-state index contributed by atoms with van der Waals surface area (Å²) in [5.74, 6) is -1.10. The number of halogens is 1. The largest absolute Gasteiger partial charge is 0.480 e. The zero-order chi connectivity index (χ0) is 12.8. The predicted molar refractivity (Wildman–Crippen MR) is 60.6 cm³/mol. The van der Waals surface area contributed by atoms with Gasteiger partial charge in [0.15, 0.2) is 24.5 Å². The molecular formula is C12H14FNO3. The van der Waals surface area contributed by atoms with Crippen LogP contribution in [0.25, 0.3) is 0 Å². The third-order valence-electron chi connectivity index (χ3n) is 2.36. The predicted octanol–water partition coefficient (Wildman–Crippen LogP) is 1.50. The standard InChI is InChI=1S/C12H14FNO3/c1-3-14(2)11(16)8-17-12-9(7-15)5-4-6-10(12)13/h4-7H,3,8H2,1-2H3. The second-order valence-corrected chi connectivity index (χ2v) is 3.47. The van der Waals surface area contributed by atoms with Crippen LogP contribution in [0.4, 0.5) is 4.39 Å². The molecule has 0 atom stereocenters. The second kappa shape index (κ2) is 5.98. The highest BCUT2D eigenvalue weighted by Gasteiger charge is 2.13. The number of carbonyl (C=O) groups is 2. The van der Waals surface area contributed by atoms with Crippen molar-refractivity contribution in [2.24, 2.45) is 0 Å². The van der Waals surface area contributed by atoms with Crippen molar-refractivity contribution in [1.29, 1.82) is 0 Å². The van der Waals surface area contributed by atoms with Crippen LogP contribution in [-0.2, 0) is 4.79 Å². The van der Waals surface area contributed by atoms with E-state index in [0.717, 1.165) is 0 Å². The fraction of sp³-hybridized carbons (Fsp3) is 0.333. The minimum Gasteiger partial charge on any atom is -0.480 e. The van der Waals surface area contributed by atoms with E-state index in [1.165, 1.54) is 23.1 Å². The molecule has 0 saturated heterocycles. The molecule has 0 aromatic heterocycles. The van der Waals surface area contributed by atoms with Gasteiger partial charge in [0.05, 0.1) is 5.56 Å². The first kappa shape index (κ1) is 13.2. The first-order valence-electron chi connectivity index (χ1n) is 5.20. The summed E-state index contributed by atoms with van der Waals surface area (Å²) in [4.78, 5) is 23.6. The highest BCUT2D eigenvalue weighted by Crippen LogP contribution is 2.20. The van der Waals surface area contributed by atoms with Gasteiger partial charge in [-0.25, -0.2) is 4.39 Å². The maximum absolute atomic E-state index is 13.4. The summed E-state index contributed by atoms with van der Waals surface area (Å²) in [6, 6.07) is 4.02. The van der Waals surface area contributed by atoms with Crippen molar-refractivity contribution in [2.45, 2.75) is 6.92 Å². The Morgan fingerprint density at radius 2 is 2.24 bits per heavy atom. The highest BCUT2D eigenvalue weighted by molar-refractivity contribution is 5.80. The first-order valence-corrected chi connectivity index (χ1v) is 5.20. The van der Waals surface area contributed by atoms with Crippen LogP contribution in [0.15, 0.2) is 18.2 Å². The molecule has 5 heteroatoms. The number of amides is 1. The summed E-state index contributed by atoms with van der Waals surface area (Å²) in [5, 5.41) is 0. The van der Waals surface area contributed by atoms with Crippen molar-refractivity contribution in [3.63, 3.8) is 0 Å². The molecule has 0 fully saturated rings. The number of likely N-dealkylation sites (N-methyl/N-ethyl adjacent to an activating group) is 1. The summed E-state index contributed by atoms with van der Waals surface area (Å²) in [5.41, 5.74) is 0.0944. The summed E-state index contributed by atoms with van der Waals surface area (Å²) in [6.45, 7) is 2.07. The van der Waals surface area contributed by atoms with Crippen molar-refractivity contribution in [1.82, 2.24) is 4.90 Å². The van der Waals surface area contributed by atoms with E-state index in [4.69, 9.17) is 4.74 Å². The lowest BCUT2D eigenvalue weighted by Gasteiger charge is -2.15. The smallest absolute Gasteiger partial charge is 0.260 e. The molecule has 1 rings (SSSR count). The Kier molecular flexibility index (Phi) is 4.63. The average Bonchev–Trinajstić information content (AvgIpc) is 2.35. The number of nitrogens with zero attached hydrogens (tertiary/aromatic N) is 1. The van der Waals surface area contributed by atoms with Crippen LogP contribution in [0.3, 0.4) is 0 Å². The van der Waals surface area contributed by atoms with Gasteiger partial charge >= 0.3 is 0 Å². The van der Waals surface area contributed by atoms with E-state index in [9.17, 15) is 14.0 Å². The second-order valence-electron chi connectivity index (χ2n) is 3.47. The molecule has 0 unspecified atom stereocenters. The maximum Gasteiger partial charge on any atom is 0.260 e. The van der Waals surface area contributed by atoms with Crippen LogP contribution < -0.4 is 4.74 Å². The molecule has 0 aliphatic rings. The quantitative estimate of drug-likeness (QED) is 0.731. The minimum absolute atomic E-state index is 0.0944. The Morgan fingerprint density at radius 1 is 1.53 bits per heavy atom. The van der Waals surface area contributed by atoms with Gasteiger partial charge in [-0.1, -0.05) is 6.07 Å². The van der Waals surface area contributed by atoms with Crippen LogP contribution in [0.5, 0.6) is 5.75 Å². The maximum atomic E-state index is 13.4. The fourth-order valence-electron chi connectivity index (χ4n) is 1.19. The van der Waals surface area contributed by atoms with Crippen molar-refractivity contribution in [2.75, 3.05) is 20.2 Å². The number of para-hydroxylation sites is 1. The molecule has 0 aliphatic heterocycles. The summed E-state index contributed by atoms with van der Waals surface area (Å²) in [7, 11) is 1.62. The van der Waals surface area contributed by atoms with Gasteiger partial charge in [0.1, 0.15) is 0 Å². The lowest BCUT2D eigenvalue weighted by atomic mass is 10.2. The van der Waals surface area contributed by atoms with Crippen LogP contribution in [0, 0.1) is 5.82 Å². The molecule has 1 amide bonds. The fourth-order valence-corrected chi connectivity index (χ4v) is 1.19. The summed E-state index contributed by atoms with van der Waals surface area (Å²) < 4.78 is 18.4. The lowest BCUT2D eigenvalue weighted by molar-refractivity contribution is -0.131. The molecule has 0 saturated carbocycles. The van der Waals surface area contributed by atoms with E-state index >= 15 is 0 Å². The van der Waals surface area contributed by atoms with E-state index in [1.54, 1.807) is 7.05 Å². The Hall–Kier alpha value is -1.91. The van der Waals surface area contributed by atoms with Crippen molar-refractivity contribution >= 4 is 12.2 Å². The topological polar surface area (TPSA) is 46.6 Å². The number of benzene rings is 1. The normalized spacial score (nSPS) is 9.82. The minimum atomic E-state index is -0.651. The molecule has 4 nitrogen and oxygen atoms in total. The Labute approximate surface area is 99.0 Å². The molecule has 0 N–H and O–H groups in total. The van der Waals surface area contributed by atoms with Crippen molar-refractivity contribution < 1.29 is 18.7 Å². The van der Waals surface area contributed by atoms with Crippen LogP contribution in [0.2, 0.25) is 0 Å². The highest BCUT2D eigenvalue weighted by atomic mass is 19.1. The molecular weight excluding hydrogens is 225 g/mol. The molecule has 17 heavy (non-hydrogen) atoms. The monoisotopic (exact) mass is 239 g/mol. The van der Waals surface area contributed by atoms with E-state index < -0.39 is 5.82 Å². The number of rotatable bonds is 5. The number of hydrogen-bond donors (Lipinski definition) is 0. The Bertz CT molecular complexity index is 420. The summed E-state index contributed by atoms with van der Waals surface area (Å²) in [6.07, 6.45) is 0.492. The van der Waals surface area contributed by atoms with Crippen LogP contribution in [0.1, 0.15) is 17.3 Å². The molecule has 0 aliphatic carbocycles. The van der Waals surface area contributed by atoms with Gasteiger partial charge in [-0.05, 0) is 19.1 Å². The number of carbonyl (C=O) groups excluding carboxylic acids is 2. The Morgan fingerprint density at radius 3 is 2.82 bits per heavy atom. The average molecular weight is 239 g/mol. The number of hydrogen-bond acceptors (Lipinski definition) is 3. The molecule has 1 aromatic rings. The molecule has 92 valence electrons. The SMILES string of the molecule is CCN(C)C(=O)COc1c(F)cccc1C=O. The van der Waals surface area contributed by atoms with Gasteiger partial charge in [0.2, 0.25) is 0 Å². The van der Waals surface area contributed by atoms with Gasteiger partial charge < -0.3 is 9.64 Å². The first-order chi connectivity index (χ1) is 8.10. The van der Waals surface area contributed by atoms with Crippen molar-refractivity contribution in [3.8, 4) is 5.75 Å². The van der Waals surface area contributed by atoms with E-state index in [1.807, 2.05) is 6.92 Å². The van der Waals surface area contributed by atoms with E-state index in [-0.39, 0.29) is 23.8 Å². The third-order valence-corrected chi connectivity index (χ3v) is 2.36. The molecule has 0 heterocycles. The van der Waals surface area contributed by atoms with E-state index in [0.29, 0.717) is 12.8 Å². The van der Waals surface area contributed by atoms with Gasteiger partial charge in [0, 0.05) is 13.6 Å². The Balaban J connectivity index is 2.75.